The quantitative estimate of drug-likeness (QED) is 0.855. The molecule has 0 radical (unpaired) electrons. The van der Waals surface area contributed by atoms with Gasteiger partial charge in [0.2, 0.25) is 0 Å². The number of rotatable bonds is 2. The molecule has 0 aromatic heterocycles. The molecule has 0 aliphatic carbocycles. The number of benzene rings is 2. The van der Waals surface area contributed by atoms with Crippen LogP contribution in [0.3, 0.4) is 0 Å². The second-order valence-electron chi connectivity index (χ2n) is 6.65. The molecule has 1 amide bonds. The smallest absolute Gasteiger partial charge is 0.251 e. The number of carbonyl (C=O) groups is 1. The summed E-state index contributed by atoms with van der Waals surface area (Å²) in [7, 11) is 0. The van der Waals surface area contributed by atoms with E-state index in [1.807, 2.05) is 45.0 Å². The Labute approximate surface area is 121 Å². The summed E-state index contributed by atoms with van der Waals surface area (Å²) in [5.41, 5.74) is 1.74. The van der Waals surface area contributed by atoms with Crippen LogP contribution in [0.4, 0.5) is 0 Å². The minimum atomic E-state index is -0.222. The number of fused-ring (bicyclic) bond motifs is 1. The maximum absolute atomic E-state index is 12.4. The molecule has 0 saturated heterocycles. The van der Waals surface area contributed by atoms with Gasteiger partial charge in [-0.1, -0.05) is 38.1 Å². The van der Waals surface area contributed by atoms with Crippen molar-refractivity contribution in [1.82, 2.24) is 5.32 Å². The van der Waals surface area contributed by atoms with Crippen molar-refractivity contribution in [3.63, 3.8) is 0 Å². The van der Waals surface area contributed by atoms with Crippen LogP contribution in [0.2, 0.25) is 0 Å². The Morgan fingerprint density at radius 3 is 2.35 bits per heavy atom. The zero-order valence-electron chi connectivity index (χ0n) is 12.9. The Kier molecular flexibility index (Phi) is 3.85. The van der Waals surface area contributed by atoms with Crippen LogP contribution in [-0.4, -0.2) is 11.4 Å². The number of hydrogen-bond donors (Lipinski definition) is 1. The summed E-state index contributed by atoms with van der Waals surface area (Å²) in [6, 6.07) is 12.2. The van der Waals surface area contributed by atoms with Crippen LogP contribution in [0.1, 0.15) is 56.5 Å². The molecule has 1 N–H and O–H groups in total. The van der Waals surface area contributed by atoms with E-state index in [-0.39, 0.29) is 11.4 Å². The molecule has 0 saturated carbocycles. The van der Waals surface area contributed by atoms with Gasteiger partial charge in [-0.25, -0.2) is 0 Å². The molecular formula is C18H23NO. The van der Waals surface area contributed by atoms with Gasteiger partial charge in [0.25, 0.3) is 5.91 Å². The lowest BCUT2D eigenvalue weighted by Gasteiger charge is -2.21. The van der Waals surface area contributed by atoms with Crippen LogP contribution < -0.4 is 5.32 Å². The van der Waals surface area contributed by atoms with E-state index in [2.05, 4.69) is 31.3 Å². The lowest BCUT2D eigenvalue weighted by molar-refractivity contribution is 0.0919. The van der Waals surface area contributed by atoms with Crippen molar-refractivity contribution in [2.75, 3.05) is 0 Å². The average molecular weight is 269 g/mol. The van der Waals surface area contributed by atoms with Crippen LogP contribution in [-0.2, 0) is 0 Å². The van der Waals surface area contributed by atoms with Crippen molar-refractivity contribution in [3.05, 3.63) is 47.5 Å². The van der Waals surface area contributed by atoms with Gasteiger partial charge in [0.15, 0.2) is 0 Å². The molecule has 2 aromatic carbocycles. The fraction of sp³-hybridized carbons (Fsp3) is 0.389. The largest absolute Gasteiger partial charge is 0.347 e. The van der Waals surface area contributed by atoms with Crippen LogP contribution in [0, 0.1) is 0 Å². The highest BCUT2D eigenvalue weighted by atomic mass is 16.1. The molecule has 0 aliphatic heterocycles. The summed E-state index contributed by atoms with van der Waals surface area (Å²) in [5, 5.41) is 5.38. The van der Waals surface area contributed by atoms with Gasteiger partial charge in [-0.2, -0.15) is 0 Å². The Balaban J connectivity index is 2.53. The first-order chi connectivity index (χ1) is 9.28. The molecule has 2 nitrogen and oxygen atoms in total. The summed E-state index contributed by atoms with van der Waals surface area (Å²) >= 11 is 0. The van der Waals surface area contributed by atoms with Gasteiger partial charge in [-0.05, 0) is 55.2 Å². The van der Waals surface area contributed by atoms with E-state index in [1.54, 1.807) is 0 Å². The van der Waals surface area contributed by atoms with E-state index in [0.29, 0.717) is 5.92 Å². The van der Waals surface area contributed by atoms with E-state index in [4.69, 9.17) is 0 Å². The summed E-state index contributed by atoms with van der Waals surface area (Å²) in [6.07, 6.45) is 0. The third-order valence-corrected chi connectivity index (χ3v) is 3.27. The second kappa shape index (κ2) is 5.28. The first-order valence-electron chi connectivity index (χ1n) is 7.13. The van der Waals surface area contributed by atoms with Crippen LogP contribution in [0.15, 0.2) is 36.4 Å². The third kappa shape index (κ3) is 3.19. The SMILES string of the molecule is CC(C)c1cc(C(=O)NC(C)(C)C)cc2ccccc12. The highest BCUT2D eigenvalue weighted by Gasteiger charge is 2.17. The summed E-state index contributed by atoms with van der Waals surface area (Å²) in [5.74, 6) is 0.382. The third-order valence-electron chi connectivity index (χ3n) is 3.27. The second-order valence-corrected chi connectivity index (χ2v) is 6.65. The van der Waals surface area contributed by atoms with Gasteiger partial charge in [0, 0.05) is 11.1 Å². The fourth-order valence-electron chi connectivity index (χ4n) is 2.36. The van der Waals surface area contributed by atoms with Gasteiger partial charge >= 0.3 is 0 Å². The average Bonchev–Trinajstić information content (AvgIpc) is 2.35. The van der Waals surface area contributed by atoms with Gasteiger partial charge in [0.1, 0.15) is 0 Å². The van der Waals surface area contributed by atoms with Crippen molar-refractivity contribution >= 4 is 16.7 Å². The van der Waals surface area contributed by atoms with Crippen molar-refractivity contribution < 1.29 is 4.79 Å². The molecule has 0 heterocycles. The van der Waals surface area contributed by atoms with Crippen molar-refractivity contribution in [1.29, 1.82) is 0 Å². The van der Waals surface area contributed by atoms with Gasteiger partial charge in [-0.3, -0.25) is 4.79 Å². The van der Waals surface area contributed by atoms with Crippen molar-refractivity contribution in [2.24, 2.45) is 0 Å². The first-order valence-corrected chi connectivity index (χ1v) is 7.13. The van der Waals surface area contributed by atoms with E-state index >= 15 is 0 Å². The molecule has 20 heavy (non-hydrogen) atoms. The van der Waals surface area contributed by atoms with Gasteiger partial charge in [0.05, 0.1) is 0 Å². The van der Waals surface area contributed by atoms with E-state index in [9.17, 15) is 4.79 Å². The molecule has 0 unspecified atom stereocenters. The van der Waals surface area contributed by atoms with Crippen LogP contribution >= 0.6 is 0 Å². The van der Waals surface area contributed by atoms with Crippen molar-refractivity contribution in [3.8, 4) is 0 Å². The number of amides is 1. The highest BCUT2D eigenvalue weighted by Crippen LogP contribution is 2.27. The Bertz CT molecular complexity index is 635. The molecule has 0 atom stereocenters. The maximum Gasteiger partial charge on any atom is 0.251 e. The number of nitrogens with one attached hydrogen (secondary N) is 1. The molecule has 0 aliphatic rings. The molecule has 106 valence electrons. The van der Waals surface area contributed by atoms with E-state index in [1.165, 1.54) is 10.9 Å². The predicted molar refractivity (Wildman–Crippen MR) is 85.3 cm³/mol. The standard InChI is InChI=1S/C18H23NO/c1-12(2)16-11-14(17(20)19-18(3,4)5)10-13-8-6-7-9-15(13)16/h6-12H,1-5H3,(H,19,20). The summed E-state index contributed by atoms with van der Waals surface area (Å²) < 4.78 is 0. The van der Waals surface area contributed by atoms with Crippen LogP contribution in [0.5, 0.6) is 0 Å². The fourth-order valence-corrected chi connectivity index (χ4v) is 2.36. The van der Waals surface area contributed by atoms with Gasteiger partial charge < -0.3 is 5.32 Å². The minimum absolute atomic E-state index is 0.00912. The molecule has 2 aromatic rings. The lowest BCUT2D eigenvalue weighted by Crippen LogP contribution is -2.40. The van der Waals surface area contributed by atoms with Gasteiger partial charge in [-0.15, -0.1) is 0 Å². The van der Waals surface area contributed by atoms with Crippen LogP contribution in [0.25, 0.3) is 10.8 Å². The highest BCUT2D eigenvalue weighted by molar-refractivity contribution is 6.00. The molecule has 0 bridgehead atoms. The first kappa shape index (κ1) is 14.6. The molecule has 2 heteroatoms. The summed E-state index contributed by atoms with van der Waals surface area (Å²) in [4.78, 5) is 12.4. The zero-order chi connectivity index (χ0) is 14.9. The normalized spacial score (nSPS) is 11.9. The zero-order valence-corrected chi connectivity index (χ0v) is 12.9. The van der Waals surface area contributed by atoms with E-state index in [0.717, 1.165) is 10.9 Å². The molecule has 0 fully saturated rings. The Morgan fingerprint density at radius 2 is 1.75 bits per heavy atom. The summed E-state index contributed by atoms with van der Waals surface area (Å²) in [6.45, 7) is 10.3. The predicted octanol–water partition coefficient (Wildman–Crippen LogP) is 4.49. The van der Waals surface area contributed by atoms with E-state index < -0.39 is 0 Å². The van der Waals surface area contributed by atoms with Crippen molar-refractivity contribution in [2.45, 2.75) is 46.1 Å². The molecule has 2 rings (SSSR count). The lowest BCUT2D eigenvalue weighted by atomic mass is 9.93. The minimum Gasteiger partial charge on any atom is -0.347 e. The monoisotopic (exact) mass is 269 g/mol. The number of carbonyl (C=O) groups excluding carboxylic acids is 1. The number of hydrogen-bond acceptors (Lipinski definition) is 1. The Morgan fingerprint density at radius 1 is 1.10 bits per heavy atom. The Hall–Kier alpha value is -1.83. The molecular weight excluding hydrogens is 246 g/mol. The maximum atomic E-state index is 12.4. The topological polar surface area (TPSA) is 29.1 Å². The molecule has 0 spiro atoms.